The molecule has 0 heterocycles. The van der Waals surface area contributed by atoms with E-state index >= 15 is 0 Å². The third-order valence-corrected chi connectivity index (χ3v) is 15.6. The summed E-state index contributed by atoms with van der Waals surface area (Å²) in [4.78, 5) is 0. The van der Waals surface area contributed by atoms with E-state index in [-0.39, 0.29) is 22.5 Å². The van der Waals surface area contributed by atoms with Gasteiger partial charge >= 0.3 is 17.1 Å². The number of rotatable bonds is 8. The number of aryl methyl sites for hydroxylation is 2. The van der Waals surface area contributed by atoms with Crippen LogP contribution in [-0.2, 0) is 28.6 Å². The van der Waals surface area contributed by atoms with Crippen molar-refractivity contribution in [2.24, 2.45) is 23.7 Å². The van der Waals surface area contributed by atoms with Gasteiger partial charge in [-0.3, -0.25) is 0 Å². The summed E-state index contributed by atoms with van der Waals surface area (Å²) in [6.07, 6.45) is 9.43. The quantitative estimate of drug-likeness (QED) is 0.0827. The maximum absolute atomic E-state index is 3.23. The van der Waals surface area contributed by atoms with Gasteiger partial charge in [-0.05, 0) is 117 Å². The molecule has 0 aromatic heterocycles. The first-order valence-corrected chi connectivity index (χ1v) is 21.1. The van der Waals surface area contributed by atoms with Crippen LogP contribution in [0, 0.1) is 37.5 Å². The van der Waals surface area contributed by atoms with Crippen LogP contribution >= 0.6 is 17.2 Å². The normalized spacial score (nSPS) is 23.1. The molecule has 10 rings (SSSR count). The van der Waals surface area contributed by atoms with Gasteiger partial charge in [-0.1, -0.05) is 119 Å². The zero-order valence-corrected chi connectivity index (χ0v) is 33.1. The molecule has 0 spiro atoms. The standard InChI is InChI=1S/C43H45P2.C5H5.Fe/c1-29-13-9-11-19-39(29)45(40-20-12-10-14-30(40)2)28-36-24-37(33-15-5-3-6-16-33)41(34-17-7-4-8-18-34)42(36)43-25-31-21-32(26-43)23-35(22-31)38(43)27-44;1-2-4-5-3-1;/h3-20,24,31-32,35,38H,21-23,25-28,44H2,1-2H3;1-5H;/q2*-1;+2. The topological polar surface area (TPSA) is 0 Å². The first-order valence-electron chi connectivity index (χ1n) is 18.7. The van der Waals surface area contributed by atoms with Crippen molar-refractivity contribution >= 4 is 27.8 Å². The van der Waals surface area contributed by atoms with Crippen molar-refractivity contribution in [2.45, 2.75) is 57.5 Å². The molecule has 4 atom stereocenters. The van der Waals surface area contributed by atoms with Crippen LogP contribution in [0.3, 0.4) is 0 Å². The Bertz CT molecular complexity index is 1930. The first-order chi connectivity index (χ1) is 24.6. The summed E-state index contributed by atoms with van der Waals surface area (Å²) in [5.41, 5.74) is 12.2. The van der Waals surface area contributed by atoms with E-state index in [0.29, 0.717) is 0 Å². The Kier molecular flexibility index (Phi) is 11.3. The fourth-order valence-corrected chi connectivity index (χ4v) is 14.1. The van der Waals surface area contributed by atoms with E-state index in [0.717, 1.165) is 29.8 Å². The molecule has 0 radical (unpaired) electrons. The molecule has 6 aromatic carbocycles. The Balaban J connectivity index is 0.000000625. The van der Waals surface area contributed by atoms with Crippen LogP contribution in [-0.4, -0.2) is 6.16 Å². The number of hydrogen-bond donors (Lipinski definition) is 0. The van der Waals surface area contributed by atoms with Gasteiger partial charge in [0, 0.05) is 0 Å². The van der Waals surface area contributed by atoms with E-state index in [1.165, 1.54) is 82.3 Å². The molecule has 4 unspecified atom stereocenters. The minimum absolute atomic E-state index is 0. The molecule has 51 heavy (non-hydrogen) atoms. The van der Waals surface area contributed by atoms with E-state index in [9.17, 15) is 0 Å². The Hall–Kier alpha value is -3.04. The van der Waals surface area contributed by atoms with Gasteiger partial charge in [0.1, 0.15) is 0 Å². The van der Waals surface area contributed by atoms with Crippen LogP contribution < -0.4 is 10.6 Å². The second kappa shape index (κ2) is 15.9. The molecular formula is C48H50FeP2. The van der Waals surface area contributed by atoms with Crippen LogP contribution in [0.25, 0.3) is 22.3 Å². The summed E-state index contributed by atoms with van der Waals surface area (Å²) in [6, 6.07) is 53.8. The molecule has 0 saturated heterocycles. The Labute approximate surface area is 320 Å². The summed E-state index contributed by atoms with van der Waals surface area (Å²) in [7, 11) is 2.64. The molecule has 4 aliphatic carbocycles. The second-order valence-electron chi connectivity index (χ2n) is 15.3. The number of benzene rings is 4. The summed E-state index contributed by atoms with van der Waals surface area (Å²) in [5, 5.41) is 3.06. The maximum atomic E-state index is 3.23. The van der Waals surface area contributed by atoms with Gasteiger partial charge < -0.3 is 0 Å². The van der Waals surface area contributed by atoms with Gasteiger partial charge in [0.15, 0.2) is 0 Å². The van der Waals surface area contributed by atoms with Gasteiger partial charge in [0.25, 0.3) is 0 Å². The van der Waals surface area contributed by atoms with Gasteiger partial charge in [-0.15, -0.1) is 38.6 Å². The molecular weight excluding hydrogens is 694 g/mol. The van der Waals surface area contributed by atoms with Crippen LogP contribution in [0.1, 0.15) is 54.4 Å². The zero-order valence-electron chi connectivity index (χ0n) is 30.0. The summed E-state index contributed by atoms with van der Waals surface area (Å²) >= 11 is 0. The van der Waals surface area contributed by atoms with E-state index in [2.05, 4.69) is 138 Å². The molecule has 6 aromatic rings. The van der Waals surface area contributed by atoms with Crippen molar-refractivity contribution in [2.75, 3.05) is 6.16 Å². The predicted octanol–water partition coefficient (Wildman–Crippen LogP) is 12.0. The fourth-order valence-electron chi connectivity index (χ4n) is 10.5. The van der Waals surface area contributed by atoms with Gasteiger partial charge in [0.2, 0.25) is 0 Å². The van der Waals surface area contributed by atoms with E-state index < -0.39 is 7.92 Å². The molecule has 4 aliphatic rings. The summed E-state index contributed by atoms with van der Waals surface area (Å²) in [6.45, 7) is 4.64. The molecule has 4 fully saturated rings. The molecule has 4 saturated carbocycles. The van der Waals surface area contributed by atoms with Crippen LogP contribution in [0.4, 0.5) is 0 Å². The second-order valence-corrected chi connectivity index (χ2v) is 17.9. The predicted molar refractivity (Wildman–Crippen MR) is 220 cm³/mol. The summed E-state index contributed by atoms with van der Waals surface area (Å²) in [5.74, 6) is 3.38. The largest absolute Gasteiger partial charge is 2.00 e. The van der Waals surface area contributed by atoms with Gasteiger partial charge in [0.05, 0.1) is 0 Å². The van der Waals surface area contributed by atoms with Gasteiger partial charge in [-0.25, -0.2) is 12.1 Å². The molecule has 260 valence electrons. The molecule has 0 aliphatic heterocycles. The molecule has 0 N–H and O–H groups in total. The van der Waals surface area contributed by atoms with E-state index in [1.54, 1.807) is 11.1 Å². The summed E-state index contributed by atoms with van der Waals surface area (Å²) < 4.78 is 0. The SMILES string of the molecule is Cc1ccccc1P(Cc1cc(-c2ccccc2)[c-](-c2ccccc2)c1C12CC3CC(CC(C3)C1CP)C2)c1ccccc1C.[Fe+2].c1cc[cH-]c1. The fraction of sp³-hybridized carbons (Fsp3) is 0.292. The van der Waals surface area contributed by atoms with Crippen molar-refractivity contribution in [3.63, 3.8) is 0 Å². The van der Waals surface area contributed by atoms with Crippen molar-refractivity contribution < 1.29 is 17.1 Å². The van der Waals surface area contributed by atoms with Crippen molar-refractivity contribution in [1.82, 2.24) is 0 Å². The maximum Gasteiger partial charge on any atom is 2.00 e. The van der Waals surface area contributed by atoms with Crippen molar-refractivity contribution in [3.05, 3.63) is 168 Å². The average Bonchev–Trinajstić information content (AvgIpc) is 3.85. The van der Waals surface area contributed by atoms with Gasteiger partial charge in [-0.2, -0.15) is 18.2 Å². The Morgan fingerprint density at radius 1 is 0.706 bits per heavy atom. The molecule has 4 bridgehead atoms. The molecule has 0 nitrogen and oxygen atoms in total. The number of hydrogen-bond acceptors (Lipinski definition) is 0. The minimum Gasteiger partial charge on any atom is -0.214 e. The van der Waals surface area contributed by atoms with Crippen LogP contribution in [0.5, 0.6) is 0 Å². The first kappa shape index (κ1) is 36.3. The third kappa shape index (κ3) is 7.06. The zero-order chi connectivity index (χ0) is 34.1. The van der Waals surface area contributed by atoms with Crippen molar-refractivity contribution in [1.29, 1.82) is 0 Å². The Morgan fingerprint density at radius 2 is 1.25 bits per heavy atom. The molecule has 3 heteroatoms. The monoisotopic (exact) mass is 744 g/mol. The molecule has 0 amide bonds. The Morgan fingerprint density at radius 3 is 1.78 bits per heavy atom. The smallest absolute Gasteiger partial charge is 0.214 e. The average molecular weight is 745 g/mol. The van der Waals surface area contributed by atoms with Crippen molar-refractivity contribution in [3.8, 4) is 22.3 Å². The van der Waals surface area contributed by atoms with Crippen LogP contribution in [0.2, 0.25) is 0 Å². The van der Waals surface area contributed by atoms with E-state index in [4.69, 9.17) is 0 Å². The van der Waals surface area contributed by atoms with E-state index in [1.807, 2.05) is 30.3 Å². The minimum atomic E-state index is -0.587. The van der Waals surface area contributed by atoms with Crippen LogP contribution in [0.15, 0.2) is 146 Å². The third-order valence-electron chi connectivity index (χ3n) is 12.3.